The first-order valence-corrected chi connectivity index (χ1v) is 4.35. The van der Waals surface area contributed by atoms with Gasteiger partial charge >= 0.3 is 0 Å². The fourth-order valence-corrected chi connectivity index (χ4v) is 1.09. The first-order valence-electron chi connectivity index (χ1n) is 4.35. The molecule has 1 heterocycles. The largest absolute Gasteiger partial charge is 0.338 e. The number of rotatable bonds is 1. The Morgan fingerprint density at radius 1 is 1.43 bits per heavy atom. The topological polar surface area (TPSA) is 82.8 Å². The van der Waals surface area contributed by atoms with E-state index in [0.717, 1.165) is 0 Å². The van der Waals surface area contributed by atoms with Crippen LogP contribution in [-0.2, 0) is 0 Å². The summed E-state index contributed by atoms with van der Waals surface area (Å²) in [7, 11) is 0. The maximum atomic E-state index is 10.1. The Balaban J connectivity index is 2.51. The summed E-state index contributed by atoms with van der Waals surface area (Å²) in [5.41, 5.74) is 0.0279. The summed E-state index contributed by atoms with van der Waals surface area (Å²) in [6, 6.07) is 0. The van der Waals surface area contributed by atoms with Crippen molar-refractivity contribution in [2.45, 2.75) is 26.3 Å². The van der Waals surface area contributed by atoms with Crippen molar-refractivity contribution in [2.75, 3.05) is 13.3 Å². The van der Waals surface area contributed by atoms with E-state index in [1.54, 1.807) is 0 Å². The van der Waals surface area contributed by atoms with Gasteiger partial charge in [0.05, 0.1) is 13.3 Å². The number of hydrogen-bond acceptors (Lipinski definition) is 3. The van der Waals surface area contributed by atoms with Gasteiger partial charge in [0.2, 0.25) is 0 Å². The van der Waals surface area contributed by atoms with Crippen molar-refractivity contribution in [2.24, 2.45) is 5.10 Å². The molecule has 0 unspecified atom stereocenters. The molecule has 0 amide bonds. The zero-order valence-corrected chi connectivity index (χ0v) is 8.57. The molecule has 1 fully saturated rings. The highest BCUT2D eigenvalue weighted by Crippen LogP contribution is 2.11. The fourth-order valence-electron chi connectivity index (χ4n) is 1.09. The van der Waals surface area contributed by atoms with E-state index >= 15 is 0 Å². The Hall–Kier alpha value is -1.37. The zero-order chi connectivity index (χ0) is 10.8. The van der Waals surface area contributed by atoms with Crippen molar-refractivity contribution in [3.63, 3.8) is 0 Å². The van der Waals surface area contributed by atoms with Crippen LogP contribution >= 0.6 is 0 Å². The molecule has 0 aliphatic carbocycles. The summed E-state index contributed by atoms with van der Waals surface area (Å²) in [5.74, 6) is 0.218. The van der Waals surface area contributed by atoms with Gasteiger partial charge < -0.3 is 10.6 Å². The van der Waals surface area contributed by atoms with Gasteiger partial charge in [-0.1, -0.05) is 0 Å². The van der Waals surface area contributed by atoms with Gasteiger partial charge in [0.1, 0.15) is 5.10 Å². The number of hydrazone groups is 1. The van der Waals surface area contributed by atoms with Crippen LogP contribution in [-0.4, -0.2) is 34.8 Å². The van der Waals surface area contributed by atoms with Crippen LogP contribution in [0, 0.1) is 10.1 Å². The number of hydrogen-bond donors (Lipinski definition) is 2. The molecule has 2 N–H and O–H groups in total. The van der Waals surface area contributed by atoms with E-state index in [1.807, 2.05) is 0 Å². The van der Waals surface area contributed by atoms with Gasteiger partial charge in [-0.2, -0.15) is 0 Å². The SMILES string of the molecule is CC(C)(C)N1CNC(=N[N+](=O)[O-])NC1. The van der Waals surface area contributed by atoms with E-state index in [9.17, 15) is 10.1 Å². The molecular formula is C7H15N5O2. The molecule has 0 saturated carbocycles. The molecule has 14 heavy (non-hydrogen) atoms. The molecule has 1 aliphatic heterocycles. The van der Waals surface area contributed by atoms with Crippen LogP contribution in [0.3, 0.4) is 0 Å². The van der Waals surface area contributed by atoms with Crippen molar-refractivity contribution in [3.05, 3.63) is 10.1 Å². The predicted octanol–water partition coefficient (Wildman–Crippen LogP) is -0.258. The molecule has 1 saturated heterocycles. The van der Waals surface area contributed by atoms with Gasteiger partial charge in [0, 0.05) is 5.54 Å². The van der Waals surface area contributed by atoms with E-state index in [4.69, 9.17) is 0 Å². The molecule has 0 bridgehead atoms. The summed E-state index contributed by atoms with van der Waals surface area (Å²) in [6.07, 6.45) is 0. The van der Waals surface area contributed by atoms with Crippen molar-refractivity contribution in [3.8, 4) is 0 Å². The Morgan fingerprint density at radius 3 is 2.29 bits per heavy atom. The quantitative estimate of drug-likeness (QED) is 0.451. The van der Waals surface area contributed by atoms with Crippen LogP contribution in [0.1, 0.15) is 20.8 Å². The third kappa shape index (κ3) is 2.84. The molecule has 0 aromatic rings. The first kappa shape index (κ1) is 10.7. The highest BCUT2D eigenvalue weighted by Gasteiger charge is 2.25. The second-order valence-electron chi connectivity index (χ2n) is 4.07. The lowest BCUT2D eigenvalue weighted by molar-refractivity contribution is -0.485. The highest BCUT2D eigenvalue weighted by molar-refractivity contribution is 5.79. The summed E-state index contributed by atoms with van der Waals surface area (Å²) >= 11 is 0. The molecule has 0 aromatic heterocycles. The molecule has 0 spiro atoms. The van der Waals surface area contributed by atoms with Gasteiger partial charge in [-0.05, 0) is 20.8 Å². The number of nitrogens with zero attached hydrogens (tertiary/aromatic N) is 3. The van der Waals surface area contributed by atoms with Crippen molar-refractivity contribution >= 4 is 5.96 Å². The molecule has 0 radical (unpaired) electrons. The van der Waals surface area contributed by atoms with Crippen LogP contribution in [0.4, 0.5) is 0 Å². The Labute approximate surface area is 82.3 Å². The molecule has 7 heteroatoms. The first-order chi connectivity index (χ1) is 6.39. The summed E-state index contributed by atoms with van der Waals surface area (Å²) in [6.45, 7) is 7.34. The monoisotopic (exact) mass is 201 g/mol. The van der Waals surface area contributed by atoms with Gasteiger partial charge in [-0.25, -0.2) is 10.1 Å². The maximum Gasteiger partial charge on any atom is 0.270 e. The van der Waals surface area contributed by atoms with E-state index in [2.05, 4.69) is 41.4 Å². The van der Waals surface area contributed by atoms with Crippen molar-refractivity contribution in [1.82, 2.24) is 15.5 Å². The fraction of sp³-hybridized carbons (Fsp3) is 0.857. The van der Waals surface area contributed by atoms with Crippen molar-refractivity contribution < 1.29 is 5.03 Å². The minimum atomic E-state index is -0.720. The molecular weight excluding hydrogens is 186 g/mol. The number of guanidine groups is 1. The Kier molecular flexibility index (Phi) is 2.90. The van der Waals surface area contributed by atoms with Crippen molar-refractivity contribution in [1.29, 1.82) is 0 Å². The molecule has 80 valence electrons. The van der Waals surface area contributed by atoms with Crippen LogP contribution in [0.5, 0.6) is 0 Å². The average Bonchev–Trinajstić information content (AvgIpc) is 2.02. The molecule has 7 nitrogen and oxygen atoms in total. The Morgan fingerprint density at radius 2 is 1.93 bits per heavy atom. The normalized spacial score (nSPS) is 18.4. The lowest BCUT2D eigenvalue weighted by atomic mass is 10.1. The Bertz CT molecular complexity index is 247. The van der Waals surface area contributed by atoms with Gasteiger partial charge in [-0.15, -0.1) is 0 Å². The molecule has 0 atom stereocenters. The molecule has 0 aromatic carbocycles. The predicted molar refractivity (Wildman–Crippen MR) is 52.0 cm³/mol. The minimum absolute atomic E-state index is 0.0279. The maximum absolute atomic E-state index is 10.1. The van der Waals surface area contributed by atoms with Crippen LogP contribution in [0.25, 0.3) is 0 Å². The summed E-state index contributed by atoms with van der Waals surface area (Å²) < 4.78 is 0. The van der Waals surface area contributed by atoms with E-state index in [0.29, 0.717) is 13.3 Å². The van der Waals surface area contributed by atoms with Crippen LogP contribution in [0.2, 0.25) is 0 Å². The van der Waals surface area contributed by atoms with Crippen LogP contribution in [0.15, 0.2) is 5.10 Å². The highest BCUT2D eigenvalue weighted by atomic mass is 16.7. The standard InChI is InChI=1S/C7H15N5O2/c1-7(2,3)11-4-8-6(9-5-11)10-12(13)14/h4-5H2,1-3H3,(H2,8,9,10). The lowest BCUT2D eigenvalue weighted by Gasteiger charge is -2.38. The smallest absolute Gasteiger partial charge is 0.270 e. The van der Waals surface area contributed by atoms with Gasteiger partial charge in [-0.3, -0.25) is 4.90 Å². The third-order valence-corrected chi connectivity index (χ3v) is 2.01. The van der Waals surface area contributed by atoms with E-state index < -0.39 is 5.03 Å². The van der Waals surface area contributed by atoms with E-state index in [1.165, 1.54) is 0 Å². The summed E-state index contributed by atoms with van der Waals surface area (Å²) in [4.78, 5) is 12.2. The molecule has 1 rings (SSSR count). The lowest BCUT2D eigenvalue weighted by Crippen LogP contribution is -2.60. The van der Waals surface area contributed by atoms with E-state index in [-0.39, 0.29) is 11.5 Å². The third-order valence-electron chi connectivity index (χ3n) is 2.01. The number of nitrogens with one attached hydrogen (secondary N) is 2. The molecule has 1 aliphatic rings. The zero-order valence-electron chi connectivity index (χ0n) is 8.57. The minimum Gasteiger partial charge on any atom is -0.338 e. The number of nitro groups is 1. The van der Waals surface area contributed by atoms with Gasteiger partial charge in [0.15, 0.2) is 5.03 Å². The average molecular weight is 201 g/mol. The van der Waals surface area contributed by atoms with Crippen LogP contribution < -0.4 is 10.6 Å². The second kappa shape index (κ2) is 3.79. The second-order valence-corrected chi connectivity index (χ2v) is 4.07. The van der Waals surface area contributed by atoms with Gasteiger partial charge in [0.25, 0.3) is 5.96 Å². The summed E-state index contributed by atoms with van der Waals surface area (Å²) in [5, 5.41) is 18.2.